The van der Waals surface area contributed by atoms with E-state index in [1.807, 2.05) is 7.05 Å². The number of hydrogen-bond donors (Lipinski definition) is 2. The summed E-state index contributed by atoms with van der Waals surface area (Å²) >= 11 is 0. The van der Waals surface area contributed by atoms with Crippen LogP contribution in [0.15, 0.2) is 4.99 Å². The molecule has 0 amide bonds. The Morgan fingerprint density at radius 1 is 1.12 bits per heavy atom. The number of guanidine groups is 1. The summed E-state index contributed by atoms with van der Waals surface area (Å²) in [6.07, 6.45) is 11.9. The molecule has 0 unspecified atom stereocenters. The summed E-state index contributed by atoms with van der Waals surface area (Å²) in [7, 11) is 1.84. The van der Waals surface area contributed by atoms with E-state index in [0.717, 1.165) is 51.7 Å². The Morgan fingerprint density at radius 2 is 1.88 bits per heavy atom. The Bertz CT molecular complexity index is 370. The van der Waals surface area contributed by atoms with E-state index in [4.69, 9.17) is 9.47 Å². The van der Waals surface area contributed by atoms with Gasteiger partial charge in [-0.1, -0.05) is 19.3 Å². The minimum absolute atomic E-state index is 0. The number of aliphatic imine (C=N–C) groups is 1. The van der Waals surface area contributed by atoms with E-state index in [9.17, 15) is 0 Å². The van der Waals surface area contributed by atoms with Gasteiger partial charge in [0, 0.05) is 40.0 Å². The van der Waals surface area contributed by atoms with Gasteiger partial charge in [-0.15, -0.1) is 24.0 Å². The summed E-state index contributed by atoms with van der Waals surface area (Å²) in [4.78, 5) is 4.33. The van der Waals surface area contributed by atoms with Crippen molar-refractivity contribution in [2.75, 3.05) is 40.0 Å². The number of ether oxygens (including phenoxy) is 2. The topological polar surface area (TPSA) is 54.9 Å². The van der Waals surface area contributed by atoms with Crippen LogP contribution in [0.25, 0.3) is 0 Å². The van der Waals surface area contributed by atoms with E-state index in [-0.39, 0.29) is 24.0 Å². The van der Waals surface area contributed by atoms with Gasteiger partial charge >= 0.3 is 0 Å². The molecular weight excluding hydrogens is 429 g/mol. The molecule has 0 saturated heterocycles. The molecule has 0 atom stereocenters. The molecular formula is C19H38IN3O2. The third kappa shape index (κ3) is 9.43. The van der Waals surface area contributed by atoms with Gasteiger partial charge in [0.2, 0.25) is 0 Å². The number of nitrogens with one attached hydrogen (secondary N) is 2. The molecule has 2 aliphatic carbocycles. The Kier molecular flexibility index (Phi) is 12.1. The molecule has 2 rings (SSSR count). The average molecular weight is 467 g/mol. The van der Waals surface area contributed by atoms with Gasteiger partial charge in [-0.3, -0.25) is 4.99 Å². The van der Waals surface area contributed by atoms with Crippen molar-refractivity contribution >= 4 is 29.9 Å². The molecule has 0 radical (unpaired) electrons. The van der Waals surface area contributed by atoms with Crippen LogP contribution in [0.2, 0.25) is 0 Å². The smallest absolute Gasteiger partial charge is 0.190 e. The highest BCUT2D eigenvalue weighted by molar-refractivity contribution is 14.0. The van der Waals surface area contributed by atoms with Crippen LogP contribution >= 0.6 is 24.0 Å². The van der Waals surface area contributed by atoms with Gasteiger partial charge in [-0.05, 0) is 50.9 Å². The first-order chi connectivity index (χ1) is 11.8. The maximum atomic E-state index is 5.96. The third-order valence-electron chi connectivity index (χ3n) is 5.31. The van der Waals surface area contributed by atoms with Crippen molar-refractivity contribution in [1.82, 2.24) is 10.6 Å². The summed E-state index contributed by atoms with van der Waals surface area (Å²) < 4.78 is 11.5. The molecule has 0 aromatic carbocycles. The summed E-state index contributed by atoms with van der Waals surface area (Å²) in [6, 6.07) is 0. The van der Waals surface area contributed by atoms with Crippen molar-refractivity contribution in [3.63, 3.8) is 0 Å². The highest BCUT2D eigenvalue weighted by atomic mass is 127. The van der Waals surface area contributed by atoms with Crippen molar-refractivity contribution in [3.05, 3.63) is 0 Å². The van der Waals surface area contributed by atoms with Crippen LogP contribution in [0.4, 0.5) is 0 Å². The fraction of sp³-hybridized carbons (Fsp3) is 0.947. The van der Waals surface area contributed by atoms with Crippen molar-refractivity contribution in [1.29, 1.82) is 0 Å². The standard InChI is InChI=1S/C19H37N3O2.HI/c1-3-23-15-12-19(10-11-19)16-22-18(20-2)21-13-7-14-24-17-8-5-4-6-9-17;/h17H,3-16H2,1-2H3,(H2,20,21,22);1H. The van der Waals surface area contributed by atoms with Crippen molar-refractivity contribution in [3.8, 4) is 0 Å². The summed E-state index contributed by atoms with van der Waals surface area (Å²) in [5, 5.41) is 6.88. The molecule has 6 heteroatoms. The number of nitrogens with zero attached hydrogens (tertiary/aromatic N) is 1. The van der Waals surface area contributed by atoms with Gasteiger partial charge in [-0.25, -0.2) is 0 Å². The maximum Gasteiger partial charge on any atom is 0.190 e. The van der Waals surface area contributed by atoms with Crippen molar-refractivity contribution in [2.45, 2.75) is 70.8 Å². The van der Waals surface area contributed by atoms with Crippen LogP contribution in [-0.4, -0.2) is 52.0 Å². The fourth-order valence-electron chi connectivity index (χ4n) is 3.38. The van der Waals surface area contributed by atoms with E-state index in [1.54, 1.807) is 0 Å². The van der Waals surface area contributed by atoms with E-state index in [1.165, 1.54) is 44.9 Å². The molecule has 0 aromatic heterocycles. The Morgan fingerprint density at radius 3 is 2.52 bits per heavy atom. The number of rotatable bonds is 11. The van der Waals surface area contributed by atoms with Crippen LogP contribution in [0.1, 0.15) is 64.7 Å². The van der Waals surface area contributed by atoms with Crippen LogP contribution < -0.4 is 10.6 Å². The SMILES string of the molecule is CCOCCC1(CNC(=NC)NCCCOC2CCCCC2)CC1.I. The molecule has 0 bridgehead atoms. The molecule has 2 fully saturated rings. The second-order valence-electron chi connectivity index (χ2n) is 7.28. The zero-order valence-electron chi connectivity index (χ0n) is 16.1. The molecule has 0 spiro atoms. The normalized spacial score (nSPS) is 20.0. The van der Waals surface area contributed by atoms with Crippen LogP contribution in [0, 0.1) is 5.41 Å². The minimum Gasteiger partial charge on any atom is -0.382 e. The number of hydrogen-bond acceptors (Lipinski definition) is 3. The van der Waals surface area contributed by atoms with Gasteiger partial charge < -0.3 is 20.1 Å². The molecule has 2 saturated carbocycles. The van der Waals surface area contributed by atoms with Gasteiger partial charge in [-0.2, -0.15) is 0 Å². The molecule has 148 valence electrons. The minimum atomic E-state index is 0. The first-order valence-corrected chi connectivity index (χ1v) is 9.92. The van der Waals surface area contributed by atoms with Gasteiger partial charge in [0.25, 0.3) is 0 Å². The first-order valence-electron chi connectivity index (χ1n) is 9.92. The lowest BCUT2D eigenvalue weighted by molar-refractivity contribution is 0.0277. The van der Waals surface area contributed by atoms with E-state index < -0.39 is 0 Å². The molecule has 0 aromatic rings. The lowest BCUT2D eigenvalue weighted by Gasteiger charge is -2.22. The zero-order chi connectivity index (χ0) is 17.1. The molecule has 2 N–H and O–H groups in total. The maximum absolute atomic E-state index is 5.96. The average Bonchev–Trinajstić information content (AvgIpc) is 3.38. The molecule has 0 aliphatic heterocycles. The predicted molar refractivity (Wildman–Crippen MR) is 115 cm³/mol. The highest BCUT2D eigenvalue weighted by Gasteiger charge is 2.41. The molecule has 25 heavy (non-hydrogen) atoms. The lowest BCUT2D eigenvalue weighted by atomic mass is 9.98. The molecule has 2 aliphatic rings. The quantitative estimate of drug-likeness (QED) is 0.211. The van der Waals surface area contributed by atoms with Gasteiger partial charge in [0.15, 0.2) is 5.96 Å². The van der Waals surface area contributed by atoms with Gasteiger partial charge in [0.05, 0.1) is 6.10 Å². The van der Waals surface area contributed by atoms with E-state index in [0.29, 0.717) is 11.5 Å². The van der Waals surface area contributed by atoms with Crippen LogP contribution in [-0.2, 0) is 9.47 Å². The summed E-state index contributed by atoms with van der Waals surface area (Å²) in [6.45, 7) is 6.52. The zero-order valence-corrected chi connectivity index (χ0v) is 18.5. The van der Waals surface area contributed by atoms with Crippen molar-refractivity contribution in [2.24, 2.45) is 10.4 Å². The lowest BCUT2D eigenvalue weighted by Crippen LogP contribution is -2.41. The summed E-state index contributed by atoms with van der Waals surface area (Å²) in [5.74, 6) is 0.912. The monoisotopic (exact) mass is 467 g/mol. The molecule has 0 heterocycles. The predicted octanol–water partition coefficient (Wildman–Crippen LogP) is 3.72. The molecule has 5 nitrogen and oxygen atoms in total. The second-order valence-corrected chi connectivity index (χ2v) is 7.28. The first kappa shape index (κ1) is 23.0. The Balaban J connectivity index is 0.00000312. The number of halogens is 1. The van der Waals surface area contributed by atoms with Crippen LogP contribution in [0.5, 0.6) is 0 Å². The van der Waals surface area contributed by atoms with Crippen LogP contribution in [0.3, 0.4) is 0 Å². The van der Waals surface area contributed by atoms with E-state index in [2.05, 4.69) is 22.5 Å². The Labute approximate surface area is 171 Å². The second kappa shape index (κ2) is 13.1. The Hall–Kier alpha value is -0.0800. The summed E-state index contributed by atoms with van der Waals surface area (Å²) in [5.41, 5.74) is 0.441. The highest BCUT2D eigenvalue weighted by Crippen LogP contribution is 2.48. The van der Waals surface area contributed by atoms with E-state index >= 15 is 0 Å². The largest absolute Gasteiger partial charge is 0.382 e. The fourth-order valence-corrected chi connectivity index (χ4v) is 3.38. The third-order valence-corrected chi connectivity index (χ3v) is 5.31. The van der Waals surface area contributed by atoms with Crippen molar-refractivity contribution < 1.29 is 9.47 Å². The van der Waals surface area contributed by atoms with Gasteiger partial charge in [0.1, 0.15) is 0 Å².